The first kappa shape index (κ1) is 20.3. The minimum absolute atomic E-state index is 0. The van der Waals surface area contributed by atoms with E-state index in [2.05, 4.69) is 15.7 Å². The average molecular weight is 385 g/mol. The Morgan fingerprint density at radius 1 is 1.38 bits per heavy atom. The molecule has 26 heavy (non-hydrogen) atoms. The first-order valence-corrected chi connectivity index (χ1v) is 8.38. The highest BCUT2D eigenvalue weighted by Crippen LogP contribution is 2.25. The topological polar surface area (TPSA) is 59.0 Å². The molecule has 1 aliphatic rings. The quantitative estimate of drug-likeness (QED) is 0.833. The van der Waals surface area contributed by atoms with Crippen molar-refractivity contribution in [3.63, 3.8) is 0 Å². The molecule has 0 saturated carbocycles. The Hall–Kier alpha value is -1.99. The van der Waals surface area contributed by atoms with Gasteiger partial charge in [0.25, 0.3) is 5.92 Å². The molecule has 3 rings (SSSR count). The predicted molar refractivity (Wildman–Crippen MR) is 98.1 cm³/mol. The van der Waals surface area contributed by atoms with E-state index in [0.717, 1.165) is 16.9 Å². The first-order valence-electron chi connectivity index (χ1n) is 8.38. The summed E-state index contributed by atoms with van der Waals surface area (Å²) in [5.41, 5.74) is 2.70. The maximum Gasteiger partial charge on any atom is 0.262 e. The molecule has 1 atom stereocenters. The van der Waals surface area contributed by atoms with Crippen LogP contribution in [0.25, 0.3) is 5.69 Å². The van der Waals surface area contributed by atoms with Gasteiger partial charge >= 0.3 is 0 Å². The fourth-order valence-corrected chi connectivity index (χ4v) is 2.96. The van der Waals surface area contributed by atoms with Gasteiger partial charge in [-0.05, 0) is 18.1 Å². The third-order valence-electron chi connectivity index (χ3n) is 4.27. The molecule has 2 N–H and O–H groups in total. The van der Waals surface area contributed by atoms with Crippen molar-refractivity contribution in [1.82, 2.24) is 20.4 Å². The summed E-state index contributed by atoms with van der Waals surface area (Å²) in [4.78, 5) is 12.1. The molecule has 5 nitrogen and oxygen atoms in total. The number of benzene rings is 1. The van der Waals surface area contributed by atoms with Gasteiger partial charge in [0.05, 0.1) is 24.0 Å². The summed E-state index contributed by atoms with van der Waals surface area (Å²) < 4.78 is 28.2. The Morgan fingerprint density at radius 3 is 2.65 bits per heavy atom. The van der Waals surface area contributed by atoms with Crippen LogP contribution in [0.2, 0.25) is 0 Å². The molecule has 2 aromatic rings. The molecule has 0 aliphatic carbocycles. The second kappa shape index (κ2) is 8.14. The smallest absolute Gasteiger partial charge is 0.262 e. The molecule has 2 heterocycles. The van der Waals surface area contributed by atoms with Gasteiger partial charge in [0.1, 0.15) is 0 Å². The van der Waals surface area contributed by atoms with E-state index in [1.807, 2.05) is 50.4 Å². The van der Waals surface area contributed by atoms with E-state index in [4.69, 9.17) is 0 Å². The van der Waals surface area contributed by atoms with Crippen molar-refractivity contribution in [2.24, 2.45) is 0 Å². The van der Waals surface area contributed by atoms with E-state index in [-0.39, 0.29) is 24.9 Å². The zero-order valence-electron chi connectivity index (χ0n) is 14.7. The number of hydrogen-bond donors (Lipinski definition) is 2. The lowest BCUT2D eigenvalue weighted by atomic mass is 10.1. The number of amides is 1. The second-order valence-corrected chi connectivity index (χ2v) is 6.69. The fourth-order valence-electron chi connectivity index (χ4n) is 2.96. The van der Waals surface area contributed by atoms with Crippen LogP contribution in [0.3, 0.4) is 0 Å². The largest absolute Gasteiger partial charge is 0.351 e. The molecule has 1 unspecified atom stereocenters. The van der Waals surface area contributed by atoms with E-state index >= 15 is 0 Å². The minimum Gasteiger partial charge on any atom is -0.351 e. The maximum absolute atomic E-state index is 13.2. The molecule has 8 heteroatoms. The highest BCUT2D eigenvalue weighted by atomic mass is 35.5. The van der Waals surface area contributed by atoms with Gasteiger partial charge in [-0.2, -0.15) is 5.10 Å². The van der Waals surface area contributed by atoms with Crippen molar-refractivity contribution in [1.29, 1.82) is 0 Å². The average Bonchev–Trinajstić information content (AvgIpc) is 3.17. The number of carbonyl (C=O) groups is 1. The monoisotopic (exact) mass is 384 g/mol. The number of alkyl halides is 2. The van der Waals surface area contributed by atoms with Gasteiger partial charge in [-0.15, -0.1) is 12.4 Å². The lowest BCUT2D eigenvalue weighted by Gasteiger charge is -2.11. The number of nitrogens with zero attached hydrogens (tertiary/aromatic N) is 2. The van der Waals surface area contributed by atoms with Crippen LogP contribution in [-0.4, -0.2) is 34.2 Å². The summed E-state index contributed by atoms with van der Waals surface area (Å²) >= 11 is 0. The van der Waals surface area contributed by atoms with Crippen molar-refractivity contribution in [2.45, 2.75) is 44.7 Å². The SMILES string of the molecule is CC(C)c1nn(-c2ccccc2)cc1CNC(=O)C1CC(F)(F)CN1.Cl. The van der Waals surface area contributed by atoms with Gasteiger partial charge in [0, 0.05) is 24.7 Å². The van der Waals surface area contributed by atoms with Crippen molar-refractivity contribution in [3.8, 4) is 5.69 Å². The van der Waals surface area contributed by atoms with Gasteiger partial charge in [-0.1, -0.05) is 32.0 Å². The van der Waals surface area contributed by atoms with Crippen LogP contribution >= 0.6 is 12.4 Å². The number of nitrogens with one attached hydrogen (secondary N) is 2. The Morgan fingerprint density at radius 2 is 2.08 bits per heavy atom. The molecule has 1 aromatic carbocycles. The summed E-state index contributed by atoms with van der Waals surface area (Å²) in [6.07, 6.45) is 1.42. The van der Waals surface area contributed by atoms with Gasteiger partial charge in [0.15, 0.2) is 0 Å². The van der Waals surface area contributed by atoms with E-state index in [1.54, 1.807) is 4.68 Å². The summed E-state index contributed by atoms with van der Waals surface area (Å²) in [5.74, 6) is -3.03. The highest BCUT2D eigenvalue weighted by molar-refractivity contribution is 5.85. The van der Waals surface area contributed by atoms with Gasteiger partial charge < -0.3 is 5.32 Å². The summed E-state index contributed by atoms with van der Waals surface area (Å²) in [6.45, 7) is 3.88. The second-order valence-electron chi connectivity index (χ2n) is 6.69. The fraction of sp³-hybridized carbons (Fsp3) is 0.444. The van der Waals surface area contributed by atoms with Crippen LogP contribution in [0.5, 0.6) is 0 Å². The standard InChI is InChI=1S/C18H22F2N4O.ClH/c1-12(2)16-13(10-24(23-16)14-6-4-3-5-7-14)9-21-17(25)15-8-18(19,20)11-22-15;/h3-7,10,12,15,22H,8-9,11H2,1-2H3,(H,21,25);1H. The maximum atomic E-state index is 13.2. The molecule has 1 aliphatic heterocycles. The van der Waals surface area contributed by atoms with Crippen LogP contribution < -0.4 is 10.6 Å². The minimum atomic E-state index is -2.82. The number of para-hydroxylation sites is 1. The Kier molecular flexibility index (Phi) is 6.36. The van der Waals surface area contributed by atoms with Crippen LogP contribution in [0.15, 0.2) is 36.5 Å². The Bertz CT molecular complexity index is 749. The normalized spacial score (nSPS) is 18.6. The third-order valence-corrected chi connectivity index (χ3v) is 4.27. The highest BCUT2D eigenvalue weighted by Gasteiger charge is 2.42. The zero-order valence-corrected chi connectivity index (χ0v) is 15.5. The molecule has 0 spiro atoms. The van der Waals surface area contributed by atoms with Gasteiger partial charge in [-0.3, -0.25) is 10.1 Å². The van der Waals surface area contributed by atoms with E-state index in [9.17, 15) is 13.6 Å². The van der Waals surface area contributed by atoms with Crippen molar-refractivity contribution >= 4 is 18.3 Å². The molecule has 1 aromatic heterocycles. The van der Waals surface area contributed by atoms with E-state index in [1.165, 1.54) is 0 Å². The van der Waals surface area contributed by atoms with Crippen LogP contribution in [-0.2, 0) is 11.3 Å². The predicted octanol–water partition coefficient (Wildman–Crippen LogP) is 3.03. The van der Waals surface area contributed by atoms with Gasteiger partial charge in [0.2, 0.25) is 5.91 Å². The van der Waals surface area contributed by atoms with Crippen molar-refractivity contribution in [2.75, 3.05) is 6.54 Å². The molecule has 1 saturated heterocycles. The molecule has 142 valence electrons. The Labute approximate surface area is 157 Å². The molecule has 0 radical (unpaired) electrons. The number of halogens is 3. The van der Waals surface area contributed by atoms with Crippen molar-refractivity contribution in [3.05, 3.63) is 47.8 Å². The number of hydrogen-bond acceptors (Lipinski definition) is 3. The molecule has 1 amide bonds. The lowest BCUT2D eigenvalue weighted by molar-refractivity contribution is -0.123. The molecular weight excluding hydrogens is 362 g/mol. The zero-order chi connectivity index (χ0) is 18.0. The first-order chi connectivity index (χ1) is 11.9. The molecule has 0 bridgehead atoms. The summed E-state index contributed by atoms with van der Waals surface area (Å²) in [7, 11) is 0. The van der Waals surface area contributed by atoms with E-state index in [0.29, 0.717) is 0 Å². The van der Waals surface area contributed by atoms with E-state index < -0.39 is 30.8 Å². The number of carbonyl (C=O) groups excluding carboxylic acids is 1. The van der Waals surface area contributed by atoms with Crippen LogP contribution in [0.4, 0.5) is 8.78 Å². The van der Waals surface area contributed by atoms with Crippen molar-refractivity contribution < 1.29 is 13.6 Å². The summed E-state index contributed by atoms with van der Waals surface area (Å²) in [5, 5.41) is 9.93. The number of aromatic nitrogens is 2. The van der Waals surface area contributed by atoms with Crippen LogP contribution in [0, 0.1) is 0 Å². The lowest BCUT2D eigenvalue weighted by Crippen LogP contribution is -2.40. The third kappa shape index (κ3) is 4.59. The number of rotatable bonds is 5. The van der Waals surface area contributed by atoms with Gasteiger partial charge in [-0.25, -0.2) is 13.5 Å². The summed E-state index contributed by atoms with van der Waals surface area (Å²) in [6, 6.07) is 8.84. The molecular formula is C18H23ClF2N4O. The molecule has 1 fully saturated rings. The Balaban J connectivity index is 0.00000243. The van der Waals surface area contributed by atoms with Crippen LogP contribution in [0.1, 0.15) is 37.4 Å².